The van der Waals surface area contributed by atoms with Crippen LogP contribution in [0.3, 0.4) is 0 Å². The Balaban J connectivity index is 1.88. The van der Waals surface area contributed by atoms with Crippen molar-refractivity contribution in [2.45, 2.75) is 38.5 Å². The fraction of sp³-hybridized carbons (Fsp3) is 0.412. The van der Waals surface area contributed by atoms with Gasteiger partial charge in [0.15, 0.2) is 0 Å². The molecule has 2 aliphatic carbocycles. The van der Waals surface area contributed by atoms with Crippen molar-refractivity contribution in [3.8, 4) is 5.75 Å². The van der Waals surface area contributed by atoms with Gasteiger partial charge in [-0.15, -0.1) is 0 Å². The maximum atomic E-state index is 5.22. The Hall–Kier alpha value is -1.50. The molecular formula is C17H20O. The third-order valence-corrected chi connectivity index (χ3v) is 4.11. The third kappa shape index (κ3) is 2.10. The first-order valence-corrected chi connectivity index (χ1v) is 6.94. The molecule has 0 N–H and O–H groups in total. The maximum absolute atomic E-state index is 5.22. The van der Waals surface area contributed by atoms with Crippen molar-refractivity contribution < 1.29 is 4.74 Å². The second kappa shape index (κ2) is 5.01. The quantitative estimate of drug-likeness (QED) is 0.741. The Morgan fingerprint density at radius 2 is 1.67 bits per heavy atom. The minimum atomic E-state index is 0.942. The summed E-state index contributed by atoms with van der Waals surface area (Å²) < 4.78 is 5.22. The molecule has 0 amide bonds. The van der Waals surface area contributed by atoms with Crippen LogP contribution < -0.4 is 4.74 Å². The summed E-state index contributed by atoms with van der Waals surface area (Å²) >= 11 is 0. The normalized spacial score (nSPS) is 19.3. The molecule has 0 saturated heterocycles. The van der Waals surface area contributed by atoms with Crippen molar-refractivity contribution in [1.29, 1.82) is 0 Å². The first kappa shape index (κ1) is 11.6. The second-order valence-corrected chi connectivity index (χ2v) is 5.16. The number of ether oxygens (including phenoxy) is 1. The Morgan fingerprint density at radius 3 is 2.22 bits per heavy atom. The molecule has 94 valence electrons. The summed E-state index contributed by atoms with van der Waals surface area (Å²) in [5.74, 6) is 0.942. The standard InChI is InChI=1S/C17H20O/c1-18-15-9-7-14(8-10-15)17-12-11-16(17)13-5-3-2-4-6-13/h5,7-10H,2-4,6,11-12H2,1H3. The van der Waals surface area contributed by atoms with Gasteiger partial charge in [0.2, 0.25) is 0 Å². The van der Waals surface area contributed by atoms with Crippen molar-refractivity contribution in [3.05, 3.63) is 47.1 Å². The average Bonchev–Trinajstić information content (AvgIpc) is 2.40. The van der Waals surface area contributed by atoms with E-state index in [0.717, 1.165) is 5.75 Å². The second-order valence-electron chi connectivity index (χ2n) is 5.16. The zero-order valence-electron chi connectivity index (χ0n) is 11.0. The van der Waals surface area contributed by atoms with Crippen LogP contribution in [-0.2, 0) is 0 Å². The summed E-state index contributed by atoms with van der Waals surface area (Å²) in [5.41, 5.74) is 6.19. The van der Waals surface area contributed by atoms with Gasteiger partial charge in [-0.25, -0.2) is 0 Å². The summed E-state index contributed by atoms with van der Waals surface area (Å²) in [5, 5.41) is 0. The van der Waals surface area contributed by atoms with E-state index in [1.54, 1.807) is 23.8 Å². The molecule has 1 heteroatoms. The number of hydrogen-bond donors (Lipinski definition) is 0. The molecule has 1 nitrogen and oxygen atoms in total. The molecule has 0 heterocycles. The Kier molecular flexibility index (Phi) is 3.22. The minimum Gasteiger partial charge on any atom is -0.497 e. The molecule has 0 saturated carbocycles. The van der Waals surface area contributed by atoms with Crippen LogP contribution in [0.25, 0.3) is 5.57 Å². The SMILES string of the molecule is COc1ccc(C2=C(C3=CCCCC3)CC2)cc1. The summed E-state index contributed by atoms with van der Waals surface area (Å²) in [7, 11) is 1.72. The molecule has 0 unspecified atom stereocenters. The third-order valence-electron chi connectivity index (χ3n) is 4.11. The molecule has 3 rings (SSSR count). The van der Waals surface area contributed by atoms with Gasteiger partial charge in [0.1, 0.15) is 5.75 Å². The van der Waals surface area contributed by atoms with Crippen LogP contribution in [-0.4, -0.2) is 7.11 Å². The van der Waals surface area contributed by atoms with Crippen LogP contribution in [0, 0.1) is 0 Å². The lowest BCUT2D eigenvalue weighted by atomic mass is 9.77. The van der Waals surface area contributed by atoms with Crippen LogP contribution in [0.1, 0.15) is 44.1 Å². The van der Waals surface area contributed by atoms with E-state index in [1.165, 1.54) is 44.1 Å². The van der Waals surface area contributed by atoms with Crippen LogP contribution in [0.15, 0.2) is 41.5 Å². The van der Waals surface area contributed by atoms with Crippen LogP contribution in [0.2, 0.25) is 0 Å². The van der Waals surface area contributed by atoms with Gasteiger partial charge >= 0.3 is 0 Å². The van der Waals surface area contributed by atoms with E-state index in [1.807, 2.05) is 0 Å². The van der Waals surface area contributed by atoms with Crippen LogP contribution >= 0.6 is 0 Å². The van der Waals surface area contributed by atoms with Gasteiger partial charge in [0.25, 0.3) is 0 Å². The van der Waals surface area contributed by atoms with Crippen molar-refractivity contribution in [2.75, 3.05) is 7.11 Å². The summed E-state index contributed by atoms with van der Waals surface area (Å²) in [6, 6.07) is 8.51. The number of hydrogen-bond acceptors (Lipinski definition) is 1. The van der Waals surface area contributed by atoms with Gasteiger partial charge in [0.05, 0.1) is 7.11 Å². The van der Waals surface area contributed by atoms with Gasteiger partial charge in [-0.3, -0.25) is 0 Å². The predicted molar refractivity (Wildman–Crippen MR) is 75.7 cm³/mol. The zero-order chi connectivity index (χ0) is 12.4. The van der Waals surface area contributed by atoms with E-state index < -0.39 is 0 Å². The Bertz CT molecular complexity index is 491. The molecule has 1 aromatic rings. The largest absolute Gasteiger partial charge is 0.497 e. The molecule has 1 aromatic carbocycles. The van der Waals surface area contributed by atoms with Crippen molar-refractivity contribution >= 4 is 5.57 Å². The van der Waals surface area contributed by atoms with Gasteiger partial charge in [-0.1, -0.05) is 18.2 Å². The number of rotatable bonds is 3. The topological polar surface area (TPSA) is 9.23 Å². The zero-order valence-corrected chi connectivity index (χ0v) is 11.0. The lowest BCUT2D eigenvalue weighted by Gasteiger charge is -2.28. The molecular weight excluding hydrogens is 220 g/mol. The molecule has 0 aromatic heterocycles. The summed E-state index contributed by atoms with van der Waals surface area (Å²) in [4.78, 5) is 0. The number of allylic oxidation sites excluding steroid dienone is 4. The van der Waals surface area contributed by atoms with Crippen LogP contribution in [0.4, 0.5) is 0 Å². The fourth-order valence-corrected chi connectivity index (χ4v) is 2.95. The maximum Gasteiger partial charge on any atom is 0.118 e. The average molecular weight is 240 g/mol. The summed E-state index contributed by atoms with van der Waals surface area (Å²) in [6.45, 7) is 0. The molecule has 18 heavy (non-hydrogen) atoms. The van der Waals surface area contributed by atoms with Gasteiger partial charge < -0.3 is 4.74 Å². The Morgan fingerprint density at radius 1 is 0.889 bits per heavy atom. The monoisotopic (exact) mass is 240 g/mol. The Labute approximate surface area is 109 Å². The molecule has 0 bridgehead atoms. The number of benzene rings is 1. The molecule has 0 fully saturated rings. The van der Waals surface area contributed by atoms with Gasteiger partial charge in [-0.2, -0.15) is 0 Å². The summed E-state index contributed by atoms with van der Waals surface area (Å²) in [6.07, 6.45) is 10.3. The predicted octanol–water partition coefficient (Wildman–Crippen LogP) is 4.74. The highest BCUT2D eigenvalue weighted by molar-refractivity contribution is 5.78. The van der Waals surface area contributed by atoms with Gasteiger partial charge in [-0.05, 0) is 72.9 Å². The van der Waals surface area contributed by atoms with E-state index in [2.05, 4.69) is 30.3 Å². The van der Waals surface area contributed by atoms with E-state index in [-0.39, 0.29) is 0 Å². The lowest BCUT2D eigenvalue weighted by molar-refractivity contribution is 0.415. The molecule has 2 aliphatic rings. The lowest BCUT2D eigenvalue weighted by Crippen LogP contribution is -2.08. The van der Waals surface area contributed by atoms with E-state index in [9.17, 15) is 0 Å². The highest BCUT2D eigenvalue weighted by Gasteiger charge is 2.22. The van der Waals surface area contributed by atoms with E-state index >= 15 is 0 Å². The molecule has 0 aliphatic heterocycles. The molecule has 0 radical (unpaired) electrons. The first-order chi connectivity index (χ1) is 8.88. The molecule has 0 spiro atoms. The molecule has 0 atom stereocenters. The van der Waals surface area contributed by atoms with Gasteiger partial charge in [0, 0.05) is 0 Å². The van der Waals surface area contributed by atoms with Crippen LogP contribution in [0.5, 0.6) is 5.75 Å². The van der Waals surface area contributed by atoms with Crippen molar-refractivity contribution in [3.63, 3.8) is 0 Å². The van der Waals surface area contributed by atoms with E-state index in [0.29, 0.717) is 0 Å². The fourth-order valence-electron chi connectivity index (χ4n) is 2.95. The van der Waals surface area contributed by atoms with Crippen molar-refractivity contribution in [1.82, 2.24) is 0 Å². The van der Waals surface area contributed by atoms with Crippen molar-refractivity contribution in [2.24, 2.45) is 0 Å². The highest BCUT2D eigenvalue weighted by atomic mass is 16.5. The number of methoxy groups -OCH3 is 1. The first-order valence-electron chi connectivity index (χ1n) is 6.94. The highest BCUT2D eigenvalue weighted by Crippen LogP contribution is 2.43. The van der Waals surface area contributed by atoms with E-state index in [4.69, 9.17) is 4.74 Å². The smallest absolute Gasteiger partial charge is 0.118 e. The minimum absolute atomic E-state index is 0.942.